The zero-order valence-electron chi connectivity index (χ0n) is 10.2. The van der Waals surface area contributed by atoms with Crippen molar-refractivity contribution in [2.45, 2.75) is 57.9 Å². The average molecular weight is 288 g/mol. The molecule has 1 saturated heterocycles. The van der Waals surface area contributed by atoms with Gasteiger partial charge in [0.15, 0.2) is 0 Å². The van der Waals surface area contributed by atoms with E-state index in [1.807, 2.05) is 0 Å². The second-order valence-corrected chi connectivity index (χ2v) is 6.22. The molecule has 1 unspecified atom stereocenters. The van der Waals surface area contributed by atoms with Crippen LogP contribution < -0.4 is 0 Å². The van der Waals surface area contributed by atoms with Crippen molar-refractivity contribution in [1.29, 1.82) is 0 Å². The van der Waals surface area contributed by atoms with Gasteiger partial charge in [-0.2, -0.15) is 0 Å². The van der Waals surface area contributed by atoms with Crippen molar-refractivity contribution >= 4 is 21.8 Å². The number of rotatable bonds is 2. The molecule has 0 aromatic rings. The molecule has 2 nitrogen and oxygen atoms in total. The summed E-state index contributed by atoms with van der Waals surface area (Å²) >= 11 is 3.53. The van der Waals surface area contributed by atoms with Gasteiger partial charge >= 0.3 is 0 Å². The summed E-state index contributed by atoms with van der Waals surface area (Å²) in [7, 11) is 0. The van der Waals surface area contributed by atoms with E-state index in [1.54, 1.807) is 0 Å². The highest BCUT2D eigenvalue weighted by molar-refractivity contribution is 9.09. The molecule has 1 amide bonds. The van der Waals surface area contributed by atoms with Crippen LogP contribution >= 0.6 is 15.9 Å². The van der Waals surface area contributed by atoms with Gasteiger partial charge in [-0.05, 0) is 25.7 Å². The van der Waals surface area contributed by atoms with Crippen molar-refractivity contribution in [2.24, 2.45) is 5.41 Å². The Hall–Kier alpha value is -0.0500. The van der Waals surface area contributed by atoms with Crippen molar-refractivity contribution in [1.82, 2.24) is 4.90 Å². The van der Waals surface area contributed by atoms with Gasteiger partial charge in [-0.3, -0.25) is 4.79 Å². The van der Waals surface area contributed by atoms with Crippen LogP contribution in [-0.4, -0.2) is 28.7 Å². The minimum Gasteiger partial charge on any atom is -0.338 e. The van der Waals surface area contributed by atoms with E-state index in [-0.39, 0.29) is 5.41 Å². The van der Waals surface area contributed by atoms with Crippen LogP contribution in [0.1, 0.15) is 51.9 Å². The molecule has 16 heavy (non-hydrogen) atoms. The predicted octanol–water partition coefficient (Wildman–Crippen LogP) is 3.34. The number of halogens is 1. The number of nitrogens with zero attached hydrogens (tertiary/aromatic N) is 1. The number of hydrogen-bond donors (Lipinski definition) is 0. The summed E-state index contributed by atoms with van der Waals surface area (Å²) in [6.45, 7) is 3.16. The van der Waals surface area contributed by atoms with Crippen molar-refractivity contribution in [3.63, 3.8) is 0 Å². The van der Waals surface area contributed by atoms with Gasteiger partial charge in [-0.15, -0.1) is 0 Å². The molecule has 0 radical (unpaired) electrons. The fourth-order valence-corrected chi connectivity index (χ4v) is 3.83. The number of alkyl halides is 1. The van der Waals surface area contributed by atoms with Crippen molar-refractivity contribution in [2.75, 3.05) is 11.9 Å². The maximum absolute atomic E-state index is 12.6. The lowest BCUT2D eigenvalue weighted by atomic mass is 9.74. The van der Waals surface area contributed by atoms with Crippen molar-refractivity contribution < 1.29 is 4.79 Å². The minimum absolute atomic E-state index is 0.0526. The minimum atomic E-state index is -0.0526. The smallest absolute Gasteiger partial charge is 0.228 e. The lowest BCUT2D eigenvalue weighted by Crippen LogP contribution is -2.46. The van der Waals surface area contributed by atoms with Crippen LogP contribution in [0, 0.1) is 5.41 Å². The molecule has 1 heterocycles. The topological polar surface area (TPSA) is 20.3 Å². The van der Waals surface area contributed by atoms with Gasteiger partial charge in [0.05, 0.1) is 0 Å². The van der Waals surface area contributed by atoms with E-state index in [4.69, 9.17) is 0 Å². The lowest BCUT2D eigenvalue weighted by Gasteiger charge is -2.37. The van der Waals surface area contributed by atoms with Crippen molar-refractivity contribution in [3.8, 4) is 0 Å². The molecule has 1 aliphatic heterocycles. The quantitative estimate of drug-likeness (QED) is 0.714. The molecule has 0 N–H and O–H groups in total. The Morgan fingerprint density at radius 1 is 1.31 bits per heavy atom. The Labute approximate surface area is 107 Å². The third-order valence-electron chi connectivity index (χ3n) is 4.29. The SMILES string of the molecule is CC1(C(=O)N2CCCC2CBr)CCCCC1. The Bertz CT molecular complexity index is 261. The Morgan fingerprint density at radius 2 is 2.00 bits per heavy atom. The van der Waals surface area contributed by atoms with Crippen LogP contribution in [0.2, 0.25) is 0 Å². The second kappa shape index (κ2) is 5.07. The van der Waals surface area contributed by atoms with Gasteiger partial charge in [0, 0.05) is 23.3 Å². The van der Waals surface area contributed by atoms with Gasteiger partial charge < -0.3 is 4.90 Å². The summed E-state index contributed by atoms with van der Waals surface area (Å²) in [6, 6.07) is 0.450. The molecule has 1 aliphatic carbocycles. The van der Waals surface area contributed by atoms with Crippen LogP contribution in [0.4, 0.5) is 0 Å². The molecule has 2 aliphatic rings. The molecule has 3 heteroatoms. The Balaban J connectivity index is 2.05. The first kappa shape index (κ1) is 12.4. The Morgan fingerprint density at radius 3 is 2.62 bits per heavy atom. The monoisotopic (exact) mass is 287 g/mol. The molecule has 2 fully saturated rings. The summed E-state index contributed by atoms with van der Waals surface area (Å²) in [5.74, 6) is 0.425. The molecule has 2 rings (SSSR count). The van der Waals surface area contributed by atoms with E-state index < -0.39 is 0 Å². The van der Waals surface area contributed by atoms with Crippen LogP contribution in [0.5, 0.6) is 0 Å². The van der Waals surface area contributed by atoms with Gasteiger partial charge in [0.1, 0.15) is 0 Å². The van der Waals surface area contributed by atoms with Crippen LogP contribution in [0.3, 0.4) is 0 Å². The highest BCUT2D eigenvalue weighted by Gasteiger charge is 2.40. The molecular weight excluding hydrogens is 266 g/mol. The summed E-state index contributed by atoms with van der Waals surface area (Å²) in [4.78, 5) is 14.7. The molecule has 0 bridgehead atoms. The summed E-state index contributed by atoms with van der Waals surface area (Å²) in [5, 5.41) is 0.939. The standard InChI is InChI=1S/C13H22BrNO/c1-13(7-3-2-4-8-13)12(16)15-9-5-6-11(15)10-14/h11H,2-10H2,1H3. The number of likely N-dealkylation sites (tertiary alicyclic amines) is 1. The van der Waals surface area contributed by atoms with Crippen molar-refractivity contribution in [3.05, 3.63) is 0 Å². The van der Waals surface area contributed by atoms with Gasteiger partial charge in [-0.25, -0.2) is 0 Å². The number of carbonyl (C=O) groups excluding carboxylic acids is 1. The first-order valence-electron chi connectivity index (χ1n) is 6.54. The molecule has 92 valence electrons. The third-order valence-corrected chi connectivity index (χ3v) is 5.04. The van der Waals surface area contributed by atoms with Gasteiger partial charge in [0.25, 0.3) is 0 Å². The first-order valence-corrected chi connectivity index (χ1v) is 7.66. The molecule has 1 atom stereocenters. The second-order valence-electron chi connectivity index (χ2n) is 5.57. The maximum Gasteiger partial charge on any atom is 0.228 e. The molecule has 1 saturated carbocycles. The van der Waals surface area contributed by atoms with Gasteiger partial charge in [0.2, 0.25) is 5.91 Å². The zero-order valence-corrected chi connectivity index (χ0v) is 11.8. The van der Waals surface area contributed by atoms with E-state index in [0.29, 0.717) is 11.9 Å². The first-order chi connectivity index (χ1) is 7.67. The number of hydrogen-bond acceptors (Lipinski definition) is 1. The fraction of sp³-hybridized carbons (Fsp3) is 0.923. The zero-order chi connectivity index (χ0) is 11.6. The van der Waals surface area contributed by atoms with Crippen LogP contribution in [-0.2, 0) is 4.79 Å². The lowest BCUT2D eigenvalue weighted by molar-refractivity contribution is -0.143. The fourth-order valence-electron chi connectivity index (χ4n) is 3.16. The van der Waals surface area contributed by atoms with E-state index in [1.165, 1.54) is 32.1 Å². The van der Waals surface area contributed by atoms with E-state index >= 15 is 0 Å². The largest absolute Gasteiger partial charge is 0.338 e. The third kappa shape index (κ3) is 2.29. The number of carbonyl (C=O) groups is 1. The predicted molar refractivity (Wildman–Crippen MR) is 69.7 cm³/mol. The summed E-state index contributed by atoms with van der Waals surface area (Å²) in [5.41, 5.74) is -0.0526. The highest BCUT2D eigenvalue weighted by Crippen LogP contribution is 2.39. The van der Waals surface area contributed by atoms with Gasteiger partial charge in [-0.1, -0.05) is 42.1 Å². The van der Waals surface area contributed by atoms with E-state index in [2.05, 4.69) is 27.8 Å². The van der Waals surface area contributed by atoms with E-state index in [0.717, 1.165) is 24.7 Å². The van der Waals surface area contributed by atoms with E-state index in [9.17, 15) is 4.79 Å². The molecule has 0 aromatic carbocycles. The average Bonchev–Trinajstić information content (AvgIpc) is 2.77. The molecular formula is C13H22BrNO. The maximum atomic E-state index is 12.6. The Kier molecular flexibility index (Phi) is 3.93. The molecule has 0 spiro atoms. The number of amides is 1. The van der Waals surface area contributed by atoms with Crippen LogP contribution in [0.15, 0.2) is 0 Å². The van der Waals surface area contributed by atoms with Crippen LogP contribution in [0.25, 0.3) is 0 Å². The highest BCUT2D eigenvalue weighted by atomic mass is 79.9. The summed E-state index contributed by atoms with van der Waals surface area (Å²) < 4.78 is 0. The normalized spacial score (nSPS) is 29.4. The summed E-state index contributed by atoms with van der Waals surface area (Å²) in [6.07, 6.45) is 8.31. The molecule has 0 aromatic heterocycles.